The molecule has 0 heterocycles. The second-order valence-electron chi connectivity index (χ2n) is 4.55. The first kappa shape index (κ1) is 16.0. The summed E-state index contributed by atoms with van der Waals surface area (Å²) >= 11 is 3.30. The predicted octanol–water partition coefficient (Wildman–Crippen LogP) is 3.50. The molecule has 0 saturated heterocycles. The van der Waals surface area contributed by atoms with Crippen LogP contribution >= 0.6 is 15.9 Å². The van der Waals surface area contributed by atoms with Crippen molar-refractivity contribution in [1.82, 2.24) is 4.72 Å². The molecule has 0 fully saturated rings. The van der Waals surface area contributed by atoms with Gasteiger partial charge in [0.2, 0.25) is 10.0 Å². The molecule has 0 aliphatic heterocycles. The largest absolute Gasteiger partial charge is 0.496 e. The monoisotopic (exact) mass is 369 g/mol. The van der Waals surface area contributed by atoms with Crippen molar-refractivity contribution in [3.63, 3.8) is 0 Å². The number of rotatable bonds is 5. The summed E-state index contributed by atoms with van der Waals surface area (Å²) in [5.41, 5.74) is 0.908. The molecule has 0 saturated carbocycles. The first-order valence-corrected chi connectivity index (χ1v) is 8.62. The lowest BCUT2D eigenvalue weighted by atomic mass is 10.1. The van der Waals surface area contributed by atoms with Gasteiger partial charge in [0.15, 0.2) is 0 Å². The maximum Gasteiger partial charge on any atom is 0.241 e. The van der Waals surface area contributed by atoms with E-state index in [1.54, 1.807) is 6.07 Å². The minimum absolute atomic E-state index is 0.172. The summed E-state index contributed by atoms with van der Waals surface area (Å²) in [6.07, 6.45) is 0. The molecule has 0 amide bonds. The SMILES string of the molecule is COc1cc(S(=O)(=O)N[C@H](C)c2ccccc2)ccc1Br. The highest BCUT2D eigenvalue weighted by atomic mass is 79.9. The molecule has 21 heavy (non-hydrogen) atoms. The summed E-state index contributed by atoms with van der Waals surface area (Å²) < 4.78 is 33.3. The standard InChI is InChI=1S/C15H16BrNO3S/c1-11(12-6-4-3-5-7-12)17-21(18,19)13-8-9-14(16)15(10-13)20-2/h3-11,17H,1-2H3/t11-/m1/s1. The Bertz CT molecular complexity index is 717. The van der Waals surface area contributed by atoms with Crippen LogP contribution < -0.4 is 9.46 Å². The minimum Gasteiger partial charge on any atom is -0.496 e. The van der Waals surface area contributed by atoms with Crippen molar-refractivity contribution in [3.8, 4) is 5.75 Å². The molecule has 1 N–H and O–H groups in total. The Morgan fingerprint density at radius 3 is 2.43 bits per heavy atom. The van der Waals surface area contributed by atoms with Crippen LogP contribution in [0.25, 0.3) is 0 Å². The van der Waals surface area contributed by atoms with Crippen LogP contribution in [0.4, 0.5) is 0 Å². The van der Waals surface area contributed by atoms with Crippen LogP contribution in [0, 0.1) is 0 Å². The van der Waals surface area contributed by atoms with Crippen LogP contribution in [0.1, 0.15) is 18.5 Å². The lowest BCUT2D eigenvalue weighted by Crippen LogP contribution is -2.26. The Morgan fingerprint density at radius 2 is 1.81 bits per heavy atom. The van der Waals surface area contributed by atoms with Crippen molar-refractivity contribution in [2.75, 3.05) is 7.11 Å². The van der Waals surface area contributed by atoms with Gasteiger partial charge in [-0.15, -0.1) is 0 Å². The molecule has 6 heteroatoms. The van der Waals surface area contributed by atoms with E-state index in [1.807, 2.05) is 37.3 Å². The normalized spacial score (nSPS) is 12.9. The van der Waals surface area contributed by atoms with E-state index in [0.717, 1.165) is 5.56 Å². The highest BCUT2D eigenvalue weighted by Gasteiger charge is 2.19. The molecule has 0 aromatic heterocycles. The molecule has 2 rings (SSSR count). The number of benzene rings is 2. The minimum atomic E-state index is -3.61. The number of hydrogen-bond acceptors (Lipinski definition) is 3. The number of nitrogens with one attached hydrogen (secondary N) is 1. The summed E-state index contributed by atoms with van der Waals surface area (Å²) in [5.74, 6) is 0.477. The van der Waals surface area contributed by atoms with Gasteiger partial charge < -0.3 is 4.74 Å². The van der Waals surface area contributed by atoms with Crippen LogP contribution in [0.2, 0.25) is 0 Å². The molecule has 0 spiro atoms. The first-order valence-electron chi connectivity index (χ1n) is 6.35. The number of methoxy groups -OCH3 is 1. The molecule has 0 aliphatic carbocycles. The van der Waals surface area contributed by atoms with Gasteiger partial charge in [0.05, 0.1) is 16.5 Å². The highest BCUT2D eigenvalue weighted by molar-refractivity contribution is 9.10. The number of hydrogen-bond donors (Lipinski definition) is 1. The zero-order chi connectivity index (χ0) is 15.5. The second-order valence-corrected chi connectivity index (χ2v) is 7.12. The number of sulfonamides is 1. The summed E-state index contributed by atoms with van der Waals surface area (Å²) in [6, 6.07) is 13.8. The zero-order valence-electron chi connectivity index (χ0n) is 11.7. The van der Waals surface area contributed by atoms with Crippen molar-refractivity contribution in [2.24, 2.45) is 0 Å². The highest BCUT2D eigenvalue weighted by Crippen LogP contribution is 2.28. The van der Waals surface area contributed by atoms with Gasteiger partial charge in [-0.1, -0.05) is 30.3 Å². The Labute approximate surface area is 133 Å². The molecule has 1 atom stereocenters. The van der Waals surface area contributed by atoms with E-state index in [-0.39, 0.29) is 10.9 Å². The molecule has 0 aliphatic rings. The molecule has 0 radical (unpaired) electrons. The van der Waals surface area contributed by atoms with Crippen molar-refractivity contribution in [2.45, 2.75) is 17.9 Å². The van der Waals surface area contributed by atoms with E-state index in [4.69, 9.17) is 4.74 Å². The van der Waals surface area contributed by atoms with Crippen LogP contribution in [-0.4, -0.2) is 15.5 Å². The Balaban J connectivity index is 2.26. The van der Waals surface area contributed by atoms with Gasteiger partial charge in [0.25, 0.3) is 0 Å². The van der Waals surface area contributed by atoms with E-state index in [9.17, 15) is 8.42 Å². The third-order valence-corrected chi connectivity index (χ3v) is 5.26. The van der Waals surface area contributed by atoms with Crippen molar-refractivity contribution in [3.05, 3.63) is 58.6 Å². The van der Waals surface area contributed by atoms with E-state index in [0.29, 0.717) is 10.2 Å². The molecular formula is C15H16BrNO3S. The van der Waals surface area contributed by atoms with Gasteiger partial charge in [-0.25, -0.2) is 13.1 Å². The number of ether oxygens (including phenoxy) is 1. The van der Waals surface area contributed by atoms with Crippen LogP contribution in [0.5, 0.6) is 5.75 Å². The lowest BCUT2D eigenvalue weighted by molar-refractivity contribution is 0.410. The maximum absolute atomic E-state index is 12.4. The predicted molar refractivity (Wildman–Crippen MR) is 85.9 cm³/mol. The maximum atomic E-state index is 12.4. The van der Waals surface area contributed by atoms with Crippen molar-refractivity contribution < 1.29 is 13.2 Å². The molecule has 0 unspecified atom stereocenters. The van der Waals surface area contributed by atoms with Crippen LogP contribution in [0.3, 0.4) is 0 Å². The summed E-state index contributed by atoms with van der Waals surface area (Å²) in [6.45, 7) is 1.81. The van der Waals surface area contributed by atoms with Gasteiger partial charge in [-0.05, 0) is 40.5 Å². The quantitative estimate of drug-likeness (QED) is 0.877. The zero-order valence-corrected chi connectivity index (χ0v) is 14.1. The summed E-state index contributed by atoms with van der Waals surface area (Å²) in [5, 5.41) is 0. The third-order valence-electron chi connectivity index (χ3n) is 3.06. The summed E-state index contributed by atoms with van der Waals surface area (Å²) in [7, 11) is -2.11. The van der Waals surface area contributed by atoms with E-state index >= 15 is 0 Å². The number of halogens is 1. The Kier molecular flexibility index (Phi) is 5.03. The third kappa shape index (κ3) is 3.84. The lowest BCUT2D eigenvalue weighted by Gasteiger charge is -2.15. The molecular weight excluding hydrogens is 354 g/mol. The van der Waals surface area contributed by atoms with Gasteiger partial charge in [0.1, 0.15) is 5.75 Å². The fourth-order valence-electron chi connectivity index (χ4n) is 1.92. The average molecular weight is 370 g/mol. The smallest absolute Gasteiger partial charge is 0.241 e. The summed E-state index contributed by atoms with van der Waals surface area (Å²) in [4.78, 5) is 0.172. The van der Waals surface area contributed by atoms with Gasteiger partial charge in [-0.2, -0.15) is 0 Å². The average Bonchev–Trinajstić information content (AvgIpc) is 2.48. The fourth-order valence-corrected chi connectivity index (χ4v) is 3.57. The molecule has 112 valence electrons. The molecule has 0 bridgehead atoms. The van der Waals surface area contributed by atoms with Crippen molar-refractivity contribution in [1.29, 1.82) is 0 Å². The first-order chi connectivity index (χ1) is 9.94. The Morgan fingerprint density at radius 1 is 1.14 bits per heavy atom. The van der Waals surface area contributed by atoms with E-state index in [1.165, 1.54) is 19.2 Å². The van der Waals surface area contributed by atoms with E-state index in [2.05, 4.69) is 20.7 Å². The van der Waals surface area contributed by atoms with E-state index < -0.39 is 10.0 Å². The molecule has 4 nitrogen and oxygen atoms in total. The van der Waals surface area contributed by atoms with Gasteiger partial charge in [-0.3, -0.25) is 0 Å². The van der Waals surface area contributed by atoms with Crippen LogP contribution in [0.15, 0.2) is 57.9 Å². The topological polar surface area (TPSA) is 55.4 Å². The van der Waals surface area contributed by atoms with Gasteiger partial charge in [0, 0.05) is 12.1 Å². The molecule has 2 aromatic carbocycles. The Hall–Kier alpha value is -1.37. The van der Waals surface area contributed by atoms with Gasteiger partial charge >= 0.3 is 0 Å². The second kappa shape index (κ2) is 6.60. The van der Waals surface area contributed by atoms with Crippen molar-refractivity contribution >= 4 is 26.0 Å². The fraction of sp³-hybridized carbons (Fsp3) is 0.200. The molecule has 2 aromatic rings. The van der Waals surface area contributed by atoms with Crippen LogP contribution in [-0.2, 0) is 10.0 Å².